The highest BCUT2D eigenvalue weighted by atomic mass is 16.5. The molecule has 0 unspecified atom stereocenters. The molecule has 9 aromatic rings. The molecule has 0 spiro atoms. The summed E-state index contributed by atoms with van der Waals surface area (Å²) in [5.74, 6) is 2.29. The van der Waals surface area contributed by atoms with Gasteiger partial charge in [-0.3, -0.25) is 4.98 Å². The Morgan fingerprint density at radius 1 is 0.400 bits per heavy atom. The maximum Gasteiger partial charge on any atom is 0.160 e. The lowest BCUT2D eigenvalue weighted by atomic mass is 9.81. The molecule has 2 aliphatic rings. The molecule has 7 aromatic carbocycles. The van der Waals surface area contributed by atoms with E-state index in [0.29, 0.717) is 5.82 Å². The topological polar surface area (TPSA) is 47.9 Å². The van der Waals surface area contributed by atoms with Crippen molar-refractivity contribution in [2.24, 2.45) is 0 Å². The maximum absolute atomic E-state index is 7.19. The van der Waals surface area contributed by atoms with Crippen molar-refractivity contribution in [1.82, 2.24) is 15.0 Å². The highest BCUT2D eigenvalue weighted by Crippen LogP contribution is 2.53. The van der Waals surface area contributed by atoms with Crippen LogP contribution in [0.2, 0.25) is 0 Å². The van der Waals surface area contributed by atoms with Crippen molar-refractivity contribution >= 4 is 12.2 Å². The van der Waals surface area contributed by atoms with E-state index in [2.05, 4.69) is 195 Å². The Labute approximate surface area is 350 Å². The first-order valence-corrected chi connectivity index (χ1v) is 20.4. The lowest BCUT2D eigenvalue weighted by Crippen LogP contribution is -2.15. The molecule has 0 radical (unpaired) electrons. The van der Waals surface area contributed by atoms with Crippen LogP contribution in [0.5, 0.6) is 11.5 Å². The molecule has 0 bridgehead atoms. The van der Waals surface area contributed by atoms with Crippen molar-refractivity contribution in [2.45, 2.75) is 19.3 Å². The summed E-state index contributed by atoms with van der Waals surface area (Å²) in [7, 11) is 0. The van der Waals surface area contributed by atoms with Crippen molar-refractivity contribution in [3.05, 3.63) is 211 Å². The van der Waals surface area contributed by atoms with Gasteiger partial charge in [0, 0.05) is 45.6 Å². The molecule has 284 valence electrons. The molecule has 4 heteroatoms. The number of para-hydroxylation sites is 1. The Balaban J connectivity index is 1.13. The highest BCUT2D eigenvalue weighted by Gasteiger charge is 2.37. The van der Waals surface area contributed by atoms with E-state index in [0.717, 1.165) is 84.1 Å². The summed E-state index contributed by atoms with van der Waals surface area (Å²) in [4.78, 5) is 14.8. The molecule has 60 heavy (non-hydrogen) atoms. The van der Waals surface area contributed by atoms with Gasteiger partial charge in [0.1, 0.15) is 11.5 Å². The van der Waals surface area contributed by atoms with E-state index in [4.69, 9.17) is 14.7 Å². The first kappa shape index (κ1) is 35.5. The van der Waals surface area contributed by atoms with Crippen LogP contribution in [0, 0.1) is 0 Å². The number of pyridine rings is 1. The molecule has 0 atom stereocenters. The van der Waals surface area contributed by atoms with Crippen LogP contribution in [0.1, 0.15) is 36.1 Å². The molecular formula is C56H39N3O. The molecule has 0 fully saturated rings. The van der Waals surface area contributed by atoms with E-state index >= 15 is 0 Å². The third kappa shape index (κ3) is 6.13. The van der Waals surface area contributed by atoms with Crippen molar-refractivity contribution < 1.29 is 4.74 Å². The Kier molecular flexibility index (Phi) is 8.45. The molecule has 1 aliphatic carbocycles. The summed E-state index contributed by atoms with van der Waals surface area (Å²) in [5, 5.41) is 0. The van der Waals surface area contributed by atoms with Gasteiger partial charge in [-0.25, -0.2) is 9.97 Å². The van der Waals surface area contributed by atoms with Crippen LogP contribution < -0.4 is 4.74 Å². The summed E-state index contributed by atoms with van der Waals surface area (Å²) in [6.07, 6.45) is 8.15. The standard InChI is InChI=1S/C56H39N3O/c1-56(2)49-20-10-8-18-44(49)47-32-48-46-31-41(29-26-38(46)25-24-37-13-6-7-17-43(37)45-19-9-11-21-53(45)60-54(48)33-50(47)56)52-34-51(39-14-4-3-5-15-39)58-55(59-52)40-27-22-36(23-28-40)42-16-12-30-57-35-42/h3-35H,1-2H3/b25-24-. The Morgan fingerprint density at radius 2 is 1.05 bits per heavy atom. The van der Waals surface area contributed by atoms with E-state index in [1.165, 1.54) is 22.3 Å². The largest absolute Gasteiger partial charge is 0.456 e. The minimum atomic E-state index is -0.200. The first-order valence-electron chi connectivity index (χ1n) is 20.4. The predicted molar refractivity (Wildman–Crippen MR) is 245 cm³/mol. The van der Waals surface area contributed by atoms with Crippen LogP contribution in [0.25, 0.3) is 90.6 Å². The quantitative estimate of drug-likeness (QED) is 0.179. The van der Waals surface area contributed by atoms with Crippen LogP contribution in [0.3, 0.4) is 0 Å². The second-order valence-electron chi connectivity index (χ2n) is 16.0. The fraction of sp³-hybridized carbons (Fsp3) is 0.0536. The molecule has 11 rings (SSSR count). The Hall–Kier alpha value is -7.69. The molecule has 0 saturated carbocycles. The molecule has 2 aromatic heterocycles. The number of benzene rings is 7. The normalized spacial score (nSPS) is 13.6. The Morgan fingerprint density at radius 3 is 1.85 bits per heavy atom. The molecule has 1 aliphatic heterocycles. The van der Waals surface area contributed by atoms with Gasteiger partial charge in [0.2, 0.25) is 0 Å². The average Bonchev–Trinajstić information content (AvgIpc) is 3.52. The molecule has 0 amide bonds. The number of rotatable bonds is 4. The van der Waals surface area contributed by atoms with Crippen LogP contribution in [-0.2, 0) is 5.41 Å². The van der Waals surface area contributed by atoms with Gasteiger partial charge in [0.05, 0.1) is 11.4 Å². The summed E-state index contributed by atoms with van der Waals surface area (Å²) in [6, 6.07) is 61.9. The number of aromatic nitrogens is 3. The average molecular weight is 770 g/mol. The zero-order valence-corrected chi connectivity index (χ0v) is 33.3. The minimum Gasteiger partial charge on any atom is -0.456 e. The van der Waals surface area contributed by atoms with Gasteiger partial charge < -0.3 is 4.74 Å². The van der Waals surface area contributed by atoms with Crippen LogP contribution in [0.4, 0.5) is 0 Å². The van der Waals surface area contributed by atoms with Crippen molar-refractivity contribution in [1.29, 1.82) is 0 Å². The van der Waals surface area contributed by atoms with Gasteiger partial charge in [0.15, 0.2) is 5.82 Å². The number of ether oxygens (including phenoxy) is 1. The molecular weight excluding hydrogens is 731 g/mol. The number of hydrogen-bond acceptors (Lipinski definition) is 4. The highest BCUT2D eigenvalue weighted by molar-refractivity contribution is 5.94. The second-order valence-corrected chi connectivity index (χ2v) is 16.0. The van der Waals surface area contributed by atoms with E-state index in [1.807, 2.05) is 18.3 Å². The van der Waals surface area contributed by atoms with Gasteiger partial charge in [-0.2, -0.15) is 0 Å². The van der Waals surface area contributed by atoms with E-state index < -0.39 is 0 Å². The lowest BCUT2D eigenvalue weighted by molar-refractivity contribution is 0.484. The summed E-state index contributed by atoms with van der Waals surface area (Å²) in [6.45, 7) is 4.63. The first-order chi connectivity index (χ1) is 29.5. The van der Waals surface area contributed by atoms with Gasteiger partial charge in [0.25, 0.3) is 0 Å². The third-order valence-electron chi connectivity index (χ3n) is 12.1. The SMILES string of the molecule is CC1(C)c2ccccc2-c2cc3c(cc21)Oc1ccccc1-c1ccccc1/C=C\c1ccc(-c2cc(-c4ccccc4)nc(-c4ccc(-c5cccnc5)cc4)n2)cc1-3. The summed E-state index contributed by atoms with van der Waals surface area (Å²) >= 11 is 0. The van der Waals surface area contributed by atoms with Crippen molar-refractivity contribution in [3.63, 3.8) is 0 Å². The van der Waals surface area contributed by atoms with Crippen molar-refractivity contribution in [3.8, 4) is 89.9 Å². The van der Waals surface area contributed by atoms with Gasteiger partial charge >= 0.3 is 0 Å². The van der Waals surface area contributed by atoms with E-state index in [-0.39, 0.29) is 5.41 Å². The predicted octanol–water partition coefficient (Wildman–Crippen LogP) is 14.5. The summed E-state index contributed by atoms with van der Waals surface area (Å²) in [5.41, 5.74) is 18.1. The van der Waals surface area contributed by atoms with E-state index in [9.17, 15) is 0 Å². The molecule has 4 nitrogen and oxygen atoms in total. The zero-order valence-electron chi connectivity index (χ0n) is 33.3. The Bertz CT molecular complexity index is 3130. The molecule has 0 saturated heterocycles. The molecule has 3 heterocycles. The van der Waals surface area contributed by atoms with Crippen LogP contribution >= 0.6 is 0 Å². The monoisotopic (exact) mass is 769 g/mol. The second kappa shape index (κ2) is 14.3. The zero-order chi connectivity index (χ0) is 40.2. The number of fused-ring (bicyclic) bond motifs is 9. The lowest BCUT2D eigenvalue weighted by Gasteiger charge is -2.23. The number of hydrogen-bond donors (Lipinski definition) is 0. The minimum absolute atomic E-state index is 0.200. The maximum atomic E-state index is 7.19. The van der Waals surface area contributed by atoms with Crippen molar-refractivity contribution in [2.75, 3.05) is 0 Å². The smallest absolute Gasteiger partial charge is 0.160 e. The van der Waals surface area contributed by atoms with Crippen LogP contribution in [0.15, 0.2) is 188 Å². The third-order valence-corrected chi connectivity index (χ3v) is 12.1. The fourth-order valence-electron chi connectivity index (χ4n) is 8.91. The van der Waals surface area contributed by atoms with Gasteiger partial charge in [-0.1, -0.05) is 166 Å². The van der Waals surface area contributed by atoms with E-state index in [1.54, 1.807) is 6.20 Å². The van der Waals surface area contributed by atoms with Gasteiger partial charge in [-0.05, 0) is 92.0 Å². The summed E-state index contributed by atoms with van der Waals surface area (Å²) < 4.78 is 7.19. The van der Waals surface area contributed by atoms with Gasteiger partial charge in [-0.15, -0.1) is 0 Å². The van der Waals surface area contributed by atoms with Crippen LogP contribution in [-0.4, -0.2) is 15.0 Å². The fourth-order valence-corrected chi connectivity index (χ4v) is 8.91. The number of nitrogens with zero attached hydrogens (tertiary/aromatic N) is 3. The molecule has 0 N–H and O–H groups in total.